The molecule has 4 heterocycles. The Morgan fingerprint density at radius 3 is 1.47 bits per heavy atom. The van der Waals surface area contributed by atoms with Gasteiger partial charge in [-0.1, -0.05) is 157 Å². The molecule has 12 nitrogen and oxygen atoms in total. The van der Waals surface area contributed by atoms with Gasteiger partial charge in [0.05, 0.1) is 38.8 Å². The van der Waals surface area contributed by atoms with E-state index in [0.29, 0.717) is 58.3 Å². The summed E-state index contributed by atoms with van der Waals surface area (Å²) >= 11 is 13.1. The smallest absolute Gasteiger partial charge is 0.295 e. The number of piperazine rings is 2. The molecule has 3 amide bonds. The van der Waals surface area contributed by atoms with Crippen molar-refractivity contribution in [1.29, 1.82) is 0 Å². The number of aromatic nitrogens is 2. The maximum Gasteiger partial charge on any atom is 0.295 e. The fourth-order valence-corrected chi connectivity index (χ4v) is 11.1. The normalized spacial score (nSPS) is 15.8. The first kappa shape index (κ1) is 56.6. The summed E-state index contributed by atoms with van der Waals surface area (Å²) in [6.07, 6.45) is 6.73. The van der Waals surface area contributed by atoms with Gasteiger partial charge in [0, 0.05) is 106 Å². The number of carbonyl (C=O) groups excluding carboxylic acids is 4. The molecular weight excluding hydrogens is 1020 g/mol. The van der Waals surface area contributed by atoms with E-state index >= 15 is 0 Å². The van der Waals surface area contributed by atoms with Crippen molar-refractivity contribution in [2.45, 2.75) is 38.0 Å². The molecule has 0 saturated carbocycles. The predicted octanol–water partition coefficient (Wildman–Crippen LogP) is 11.7. The molecule has 14 heteroatoms. The van der Waals surface area contributed by atoms with Crippen LogP contribution in [0.2, 0.25) is 10.0 Å². The molecule has 2 fully saturated rings. The first-order valence-corrected chi connectivity index (χ1v) is 27.1. The molecule has 2 aliphatic rings. The second-order valence-corrected chi connectivity index (χ2v) is 20.6. The van der Waals surface area contributed by atoms with E-state index in [2.05, 4.69) is 154 Å². The minimum Gasteiger partial charge on any atom is -0.361 e. The van der Waals surface area contributed by atoms with Crippen molar-refractivity contribution in [3.05, 3.63) is 238 Å². The molecule has 2 saturated heterocycles. The molecule has 0 bridgehead atoms. The number of aromatic amines is 2. The van der Waals surface area contributed by atoms with Crippen molar-refractivity contribution in [3.63, 3.8) is 0 Å². The van der Waals surface area contributed by atoms with Gasteiger partial charge in [-0.2, -0.15) is 0 Å². The van der Waals surface area contributed by atoms with E-state index in [0.717, 1.165) is 30.5 Å². The molecule has 6 aromatic carbocycles. The van der Waals surface area contributed by atoms with Crippen molar-refractivity contribution in [2.75, 3.05) is 66.5 Å². The average molecular weight is 1080 g/mol. The van der Waals surface area contributed by atoms with Gasteiger partial charge in [-0.25, -0.2) is 0 Å². The zero-order valence-electron chi connectivity index (χ0n) is 44.7. The summed E-state index contributed by atoms with van der Waals surface area (Å²) in [4.78, 5) is 69.1. The Morgan fingerprint density at radius 2 is 1.06 bits per heavy atom. The van der Waals surface area contributed by atoms with Crippen LogP contribution in [0.1, 0.15) is 79.3 Å². The SMILES string of the molecule is C=CCN(C)C(=O)C(=O)c1c[nH]c2cc(Cl)c(C(=O)N3CCN(C(c4ccccc4)c4ccccc4)C[C@H]3C)cc12.C=CCNC.C[C@@H]1CN(C(c2ccccc2)c2ccccc2)CCN1C(=O)c1cc2cc[nH]c2cc1Cl. The molecule has 0 spiro atoms. The van der Waals surface area contributed by atoms with Crippen molar-refractivity contribution in [3.8, 4) is 0 Å². The van der Waals surface area contributed by atoms with Gasteiger partial charge in [0.15, 0.2) is 0 Å². The molecule has 0 radical (unpaired) electrons. The third-order valence-electron chi connectivity index (χ3n) is 14.4. The molecule has 2 aromatic heterocycles. The number of ketones is 1. The number of rotatable bonds is 14. The minimum atomic E-state index is -0.656. The number of nitrogens with zero attached hydrogens (tertiary/aromatic N) is 5. The van der Waals surface area contributed by atoms with Gasteiger partial charge in [0.25, 0.3) is 23.5 Å². The molecule has 10 rings (SSSR count). The highest BCUT2D eigenvalue weighted by Crippen LogP contribution is 2.35. The first-order chi connectivity index (χ1) is 37.8. The molecule has 0 unspecified atom stereocenters. The van der Waals surface area contributed by atoms with Gasteiger partial charge >= 0.3 is 0 Å². The highest BCUT2D eigenvalue weighted by Gasteiger charge is 2.36. The summed E-state index contributed by atoms with van der Waals surface area (Å²) in [7, 11) is 3.44. The second kappa shape index (κ2) is 26.7. The van der Waals surface area contributed by atoms with E-state index in [1.54, 1.807) is 25.3 Å². The Hall–Kier alpha value is -7.58. The monoisotopic (exact) mass is 1080 g/mol. The van der Waals surface area contributed by atoms with Crippen LogP contribution in [-0.4, -0.2) is 137 Å². The lowest BCUT2D eigenvalue weighted by Crippen LogP contribution is -2.54. The van der Waals surface area contributed by atoms with Crippen LogP contribution < -0.4 is 5.32 Å². The van der Waals surface area contributed by atoms with Gasteiger partial charge < -0.3 is 30.0 Å². The van der Waals surface area contributed by atoms with Gasteiger partial charge in [0.2, 0.25) is 0 Å². The molecule has 2 atom stereocenters. The van der Waals surface area contributed by atoms with E-state index in [-0.39, 0.29) is 48.1 Å². The van der Waals surface area contributed by atoms with Crippen molar-refractivity contribution >= 4 is 68.5 Å². The fourth-order valence-electron chi connectivity index (χ4n) is 10.6. The number of halogens is 2. The number of amides is 3. The Morgan fingerprint density at radius 1 is 0.615 bits per heavy atom. The number of H-pyrrole nitrogens is 2. The molecule has 0 aliphatic carbocycles. The van der Waals surface area contributed by atoms with Crippen molar-refractivity contribution in [1.82, 2.24) is 39.8 Å². The third-order valence-corrected chi connectivity index (χ3v) is 15.1. The number of hydrogen-bond donors (Lipinski definition) is 3. The van der Waals surface area contributed by atoms with E-state index in [1.165, 1.54) is 33.4 Å². The predicted molar refractivity (Wildman–Crippen MR) is 317 cm³/mol. The molecular formula is C64H68Cl2N8O4. The van der Waals surface area contributed by atoms with E-state index in [9.17, 15) is 19.2 Å². The molecule has 2 aliphatic heterocycles. The number of nitrogens with one attached hydrogen (secondary N) is 3. The highest BCUT2D eigenvalue weighted by molar-refractivity contribution is 6.45. The van der Waals surface area contributed by atoms with Crippen molar-refractivity contribution < 1.29 is 19.2 Å². The summed E-state index contributed by atoms with van der Waals surface area (Å²) in [6, 6.07) is 51.2. The number of carbonyl (C=O) groups is 4. The standard InChI is InChI=1S/C33H33ClN4O3.C27H26ClN3O.C4H9N/c1-4-15-36(3)33(41)31(39)27-20-35-29-19-28(34)26(18-25(27)29)32(40)38-17-16-37(21-22(38)2)30(23-11-7-5-8-12-23)24-13-9-6-10-14-24;1-19-18-30(26(20-8-4-2-5-9-20)21-10-6-3-7-11-21)14-15-31(19)27(32)23-16-22-12-13-29-25(22)17-24(23)28;1-3-4-5-2/h4-14,18-20,22,30,35H,1,15-17,21H2,2-3H3;2-13,16-17,19,26,29H,14-15,18H2,1H3;3,5H,1,4H2,2H3/t22-;19-;/m11./s1. The van der Waals surface area contributed by atoms with Crippen LogP contribution in [0.4, 0.5) is 0 Å². The van der Waals surface area contributed by atoms with Crippen LogP contribution in [0, 0.1) is 0 Å². The molecule has 78 heavy (non-hydrogen) atoms. The van der Waals surface area contributed by atoms with Gasteiger partial charge in [0.1, 0.15) is 0 Å². The Kier molecular flexibility index (Phi) is 19.3. The zero-order chi connectivity index (χ0) is 55.3. The van der Waals surface area contributed by atoms with Crippen LogP contribution in [0.5, 0.6) is 0 Å². The Balaban J connectivity index is 0.000000194. The molecule has 8 aromatic rings. The first-order valence-electron chi connectivity index (χ1n) is 26.4. The third kappa shape index (κ3) is 13.0. The Bertz CT molecular complexity index is 3250. The Labute approximate surface area is 467 Å². The summed E-state index contributed by atoms with van der Waals surface area (Å²) in [5.74, 6) is -1.50. The second-order valence-electron chi connectivity index (χ2n) is 19.8. The van der Waals surface area contributed by atoms with Crippen LogP contribution in [-0.2, 0) is 4.79 Å². The van der Waals surface area contributed by atoms with Crippen LogP contribution in [0.3, 0.4) is 0 Å². The van der Waals surface area contributed by atoms with Crippen LogP contribution >= 0.6 is 23.2 Å². The van der Waals surface area contributed by atoms with E-state index < -0.39 is 11.7 Å². The largest absolute Gasteiger partial charge is 0.361 e. The number of fused-ring (bicyclic) bond motifs is 2. The molecule has 402 valence electrons. The van der Waals surface area contributed by atoms with Gasteiger partial charge in [-0.05, 0) is 73.5 Å². The number of Topliss-reactive ketones (excluding diaryl/α,β-unsaturated/α-hetero) is 1. The lowest BCUT2D eigenvalue weighted by Gasteiger charge is -2.43. The average Bonchev–Trinajstić information content (AvgIpc) is 4.12. The van der Waals surface area contributed by atoms with Gasteiger partial charge in [-0.15, -0.1) is 13.2 Å². The van der Waals surface area contributed by atoms with Crippen LogP contribution in [0.15, 0.2) is 189 Å². The topological polar surface area (TPSA) is 128 Å². The number of hydrogen-bond acceptors (Lipinski definition) is 7. The van der Waals surface area contributed by atoms with Gasteiger partial charge in [-0.3, -0.25) is 29.0 Å². The maximum atomic E-state index is 13.9. The van der Waals surface area contributed by atoms with E-state index in [4.69, 9.17) is 23.2 Å². The van der Waals surface area contributed by atoms with Crippen LogP contribution in [0.25, 0.3) is 21.8 Å². The number of benzene rings is 6. The fraction of sp³-hybridized carbons (Fsp3) is 0.250. The summed E-state index contributed by atoms with van der Waals surface area (Å²) in [5, 5.41) is 5.17. The summed E-state index contributed by atoms with van der Waals surface area (Å²) in [6.45, 7) is 16.6. The summed E-state index contributed by atoms with van der Waals surface area (Å²) in [5.41, 5.74) is 7.56. The summed E-state index contributed by atoms with van der Waals surface area (Å²) < 4.78 is 0. The lowest BCUT2D eigenvalue weighted by atomic mass is 9.95. The molecule has 3 N–H and O–H groups in total. The quantitative estimate of drug-likeness (QED) is 0.0562. The zero-order valence-corrected chi connectivity index (χ0v) is 46.3. The number of likely N-dealkylation sites (N-methyl/N-ethyl adjacent to an activating group) is 2. The lowest BCUT2D eigenvalue weighted by molar-refractivity contribution is -0.124. The minimum absolute atomic E-state index is 0.00113. The van der Waals surface area contributed by atoms with Crippen molar-refractivity contribution in [2.24, 2.45) is 0 Å². The van der Waals surface area contributed by atoms with E-state index in [1.807, 2.05) is 66.4 Å². The maximum absolute atomic E-state index is 13.9. The highest BCUT2D eigenvalue weighted by atomic mass is 35.5.